The van der Waals surface area contributed by atoms with Gasteiger partial charge in [0.1, 0.15) is 0 Å². The molecule has 0 fully saturated rings. The summed E-state index contributed by atoms with van der Waals surface area (Å²) in [6.07, 6.45) is 3.25. The average molecular weight is 171 g/mol. The van der Waals surface area contributed by atoms with Crippen molar-refractivity contribution >= 4 is 18.8 Å². The summed E-state index contributed by atoms with van der Waals surface area (Å²) < 4.78 is 3.21. The maximum Gasteiger partial charge on any atom is 0.350 e. The minimum absolute atomic E-state index is 0.367. The van der Waals surface area contributed by atoms with Crippen molar-refractivity contribution in [2.24, 2.45) is 0 Å². The molecule has 0 rings (SSSR count). The molecule has 0 spiro atoms. The predicted molar refractivity (Wildman–Crippen MR) is 48.5 cm³/mol. The van der Waals surface area contributed by atoms with Gasteiger partial charge in [0.15, 0.2) is 0 Å². The SMILES string of the molecule is C=CCN(CC=C)C(=O)[N]S. The number of amides is 2. The van der Waals surface area contributed by atoms with Crippen molar-refractivity contribution in [3.8, 4) is 0 Å². The zero-order valence-electron chi connectivity index (χ0n) is 6.23. The second kappa shape index (κ2) is 5.85. The predicted octanol–water partition coefficient (Wildman–Crippen LogP) is 1.23. The topological polar surface area (TPSA) is 34.4 Å². The Labute approximate surface area is 72.3 Å². The van der Waals surface area contributed by atoms with Crippen LogP contribution in [-0.2, 0) is 0 Å². The molecule has 0 N–H and O–H groups in total. The third-order valence-corrected chi connectivity index (χ3v) is 1.23. The van der Waals surface area contributed by atoms with Crippen LogP contribution in [0.2, 0.25) is 0 Å². The van der Waals surface area contributed by atoms with E-state index in [0.717, 1.165) is 0 Å². The van der Waals surface area contributed by atoms with Crippen LogP contribution in [0, 0.1) is 0 Å². The van der Waals surface area contributed by atoms with E-state index in [1.54, 1.807) is 12.2 Å². The summed E-state index contributed by atoms with van der Waals surface area (Å²) in [7, 11) is 0. The van der Waals surface area contributed by atoms with E-state index >= 15 is 0 Å². The van der Waals surface area contributed by atoms with Crippen molar-refractivity contribution in [1.29, 1.82) is 0 Å². The van der Waals surface area contributed by atoms with Crippen LogP contribution in [0.25, 0.3) is 0 Å². The molecule has 0 aliphatic carbocycles. The third kappa shape index (κ3) is 3.72. The summed E-state index contributed by atoms with van der Waals surface area (Å²) in [6, 6.07) is -0.367. The molecule has 61 valence electrons. The van der Waals surface area contributed by atoms with Gasteiger partial charge in [0, 0.05) is 13.1 Å². The van der Waals surface area contributed by atoms with Gasteiger partial charge in [-0.25, -0.2) is 4.79 Å². The molecule has 0 heterocycles. The Morgan fingerprint density at radius 1 is 1.45 bits per heavy atom. The number of carbonyl (C=O) groups is 1. The van der Waals surface area contributed by atoms with Gasteiger partial charge in [-0.3, -0.25) is 0 Å². The highest BCUT2D eigenvalue weighted by Gasteiger charge is 2.08. The minimum Gasteiger partial charge on any atom is -0.315 e. The minimum atomic E-state index is -0.367. The molecular formula is C7H11N2OS. The van der Waals surface area contributed by atoms with E-state index < -0.39 is 0 Å². The van der Waals surface area contributed by atoms with Crippen LogP contribution in [0.5, 0.6) is 0 Å². The van der Waals surface area contributed by atoms with Gasteiger partial charge in [-0.15, -0.1) is 13.2 Å². The van der Waals surface area contributed by atoms with Crippen LogP contribution in [0.1, 0.15) is 0 Å². The summed E-state index contributed by atoms with van der Waals surface area (Å²) in [5.41, 5.74) is 0. The number of urea groups is 1. The Morgan fingerprint density at radius 2 is 1.91 bits per heavy atom. The lowest BCUT2D eigenvalue weighted by Crippen LogP contribution is -2.33. The molecule has 0 aromatic carbocycles. The van der Waals surface area contributed by atoms with Gasteiger partial charge in [-0.05, 0) is 12.8 Å². The Bertz CT molecular complexity index is 149. The van der Waals surface area contributed by atoms with Gasteiger partial charge in [0.05, 0.1) is 0 Å². The van der Waals surface area contributed by atoms with E-state index in [1.165, 1.54) is 4.90 Å². The number of hydrogen-bond donors (Lipinski definition) is 1. The Hall–Kier alpha value is -0.900. The van der Waals surface area contributed by atoms with Crippen molar-refractivity contribution in [1.82, 2.24) is 9.62 Å². The van der Waals surface area contributed by atoms with Crippen LogP contribution in [0.15, 0.2) is 25.3 Å². The maximum absolute atomic E-state index is 10.9. The monoisotopic (exact) mass is 171 g/mol. The average Bonchev–Trinajstić information content (AvgIpc) is 2.03. The standard InChI is InChI=1S/C7H11N2OS/c1-3-5-9(6-4-2)7(10)8-11/h3-4,11H,1-2,5-6H2. The van der Waals surface area contributed by atoms with Crippen molar-refractivity contribution < 1.29 is 4.79 Å². The Kier molecular flexibility index (Phi) is 5.37. The van der Waals surface area contributed by atoms with Crippen molar-refractivity contribution in [3.63, 3.8) is 0 Å². The van der Waals surface area contributed by atoms with Crippen LogP contribution in [0.4, 0.5) is 4.79 Å². The molecule has 0 bridgehead atoms. The van der Waals surface area contributed by atoms with Crippen LogP contribution in [-0.4, -0.2) is 24.0 Å². The van der Waals surface area contributed by atoms with E-state index in [4.69, 9.17) is 0 Å². The van der Waals surface area contributed by atoms with Crippen molar-refractivity contribution in [2.75, 3.05) is 13.1 Å². The maximum atomic E-state index is 10.9. The molecule has 0 aromatic rings. The highest BCUT2D eigenvalue weighted by atomic mass is 32.1. The lowest BCUT2D eigenvalue weighted by molar-refractivity contribution is 0.214. The molecule has 11 heavy (non-hydrogen) atoms. The fourth-order valence-corrected chi connectivity index (χ4v) is 0.732. The van der Waals surface area contributed by atoms with E-state index in [0.29, 0.717) is 13.1 Å². The molecule has 0 saturated heterocycles. The number of hydrogen-bond acceptors (Lipinski definition) is 2. The number of nitrogens with zero attached hydrogens (tertiary/aromatic N) is 2. The second-order valence-electron chi connectivity index (χ2n) is 1.86. The summed E-state index contributed by atoms with van der Waals surface area (Å²) in [5, 5.41) is 0. The highest BCUT2D eigenvalue weighted by molar-refractivity contribution is 7.78. The van der Waals surface area contributed by atoms with E-state index in [2.05, 4.69) is 30.7 Å². The van der Waals surface area contributed by atoms with Crippen LogP contribution < -0.4 is 4.72 Å². The summed E-state index contributed by atoms with van der Waals surface area (Å²) in [4.78, 5) is 12.3. The molecule has 0 unspecified atom stereocenters. The van der Waals surface area contributed by atoms with Crippen LogP contribution >= 0.6 is 12.8 Å². The fourth-order valence-electron chi connectivity index (χ4n) is 0.606. The first-order valence-corrected chi connectivity index (χ1v) is 3.52. The Morgan fingerprint density at radius 3 is 2.18 bits per heavy atom. The summed E-state index contributed by atoms with van der Waals surface area (Å²) in [5.74, 6) is 0. The number of rotatable bonds is 4. The van der Waals surface area contributed by atoms with Gasteiger partial charge in [0.2, 0.25) is 0 Å². The van der Waals surface area contributed by atoms with Gasteiger partial charge in [0.25, 0.3) is 0 Å². The smallest absolute Gasteiger partial charge is 0.315 e. The van der Waals surface area contributed by atoms with E-state index in [1.807, 2.05) is 0 Å². The summed E-state index contributed by atoms with van der Waals surface area (Å²) >= 11 is 3.51. The van der Waals surface area contributed by atoms with Gasteiger partial charge in [-0.2, -0.15) is 4.72 Å². The third-order valence-electron chi connectivity index (χ3n) is 1.06. The largest absolute Gasteiger partial charge is 0.350 e. The van der Waals surface area contributed by atoms with Gasteiger partial charge in [-0.1, -0.05) is 12.2 Å². The van der Waals surface area contributed by atoms with Gasteiger partial charge < -0.3 is 4.90 Å². The fraction of sp³-hybridized carbons (Fsp3) is 0.286. The molecule has 0 aliphatic heterocycles. The van der Waals surface area contributed by atoms with Crippen LogP contribution in [0.3, 0.4) is 0 Å². The quantitative estimate of drug-likeness (QED) is 0.501. The molecule has 1 radical (unpaired) electrons. The molecular weight excluding hydrogens is 160 g/mol. The zero-order valence-corrected chi connectivity index (χ0v) is 7.13. The number of thiol groups is 1. The molecule has 0 atom stereocenters. The van der Waals surface area contributed by atoms with Crippen molar-refractivity contribution in [3.05, 3.63) is 25.3 Å². The molecule has 2 amide bonds. The first-order chi connectivity index (χ1) is 5.26. The molecule has 0 aliphatic rings. The molecule has 0 saturated carbocycles. The molecule has 3 nitrogen and oxygen atoms in total. The first kappa shape index (κ1) is 10.1. The molecule has 0 aromatic heterocycles. The second-order valence-corrected chi connectivity index (χ2v) is 2.06. The lowest BCUT2D eigenvalue weighted by atomic mass is 10.5. The zero-order chi connectivity index (χ0) is 8.69. The summed E-state index contributed by atoms with van der Waals surface area (Å²) in [6.45, 7) is 7.94. The normalized spacial score (nSPS) is 8.45. The Balaban J connectivity index is 3.95. The van der Waals surface area contributed by atoms with Gasteiger partial charge >= 0.3 is 6.03 Å². The highest BCUT2D eigenvalue weighted by Crippen LogP contribution is 1.91. The molecule has 4 heteroatoms. The number of carbonyl (C=O) groups excluding carboxylic acids is 1. The first-order valence-electron chi connectivity index (χ1n) is 3.12. The van der Waals surface area contributed by atoms with Crippen molar-refractivity contribution in [2.45, 2.75) is 0 Å². The lowest BCUT2D eigenvalue weighted by Gasteiger charge is -2.15. The van der Waals surface area contributed by atoms with E-state index in [9.17, 15) is 4.79 Å². The van der Waals surface area contributed by atoms with E-state index in [-0.39, 0.29) is 6.03 Å².